The highest BCUT2D eigenvalue weighted by Gasteiger charge is 2.41. The van der Waals surface area contributed by atoms with E-state index in [2.05, 4.69) is 21.6 Å². The van der Waals surface area contributed by atoms with Crippen molar-refractivity contribution in [3.8, 4) is 0 Å². The molecule has 1 heterocycles. The minimum atomic E-state index is -4.13. The number of urea groups is 1. The molecule has 0 unspecified atom stereocenters. The number of morpholine rings is 1. The van der Waals surface area contributed by atoms with Gasteiger partial charge in [0, 0.05) is 32.2 Å². The van der Waals surface area contributed by atoms with E-state index < -0.39 is 12.1 Å². The van der Waals surface area contributed by atoms with E-state index in [1.165, 1.54) is 0 Å². The Balaban J connectivity index is 1.45. The molecule has 3 rings (SSSR count). The molecule has 1 saturated carbocycles. The number of hydrogen-bond donors (Lipinski definition) is 2. The summed E-state index contributed by atoms with van der Waals surface area (Å²) < 4.78 is 43.6. The van der Waals surface area contributed by atoms with Crippen molar-refractivity contribution in [2.75, 3.05) is 26.3 Å². The number of alkyl halides is 3. The molecule has 156 valence electrons. The molecule has 0 spiro atoms. The Labute approximate surface area is 163 Å². The van der Waals surface area contributed by atoms with Crippen LogP contribution in [0, 0.1) is 5.92 Å². The number of hydrogen-bond acceptors (Lipinski definition) is 3. The lowest BCUT2D eigenvalue weighted by atomic mass is 9.86. The number of rotatable bonds is 5. The molecular formula is C20H28F3N3O2. The summed E-state index contributed by atoms with van der Waals surface area (Å²) in [6.07, 6.45) is -3.23. The Bertz CT molecular complexity index is 640. The number of ether oxygens (including phenoxy) is 1. The summed E-state index contributed by atoms with van der Waals surface area (Å²) in [7, 11) is 0. The van der Waals surface area contributed by atoms with Gasteiger partial charge in [0.15, 0.2) is 0 Å². The third-order valence-electron chi connectivity index (χ3n) is 5.58. The summed E-state index contributed by atoms with van der Waals surface area (Å²) in [5.41, 5.74) is 2.21. The Morgan fingerprint density at radius 3 is 2.36 bits per heavy atom. The van der Waals surface area contributed by atoms with Crippen LogP contribution in [0.4, 0.5) is 18.0 Å². The second-order valence-electron chi connectivity index (χ2n) is 7.57. The highest BCUT2D eigenvalue weighted by Crippen LogP contribution is 2.37. The average Bonchev–Trinajstić information content (AvgIpc) is 2.68. The standard InChI is InChI=1S/C20H28F3N3O2/c21-20(22,23)17-5-7-18(8-6-17)25-19(27)24-13-15-3-1-2-4-16(15)14-26-9-11-28-12-10-26/h1-4,17-18H,5-14H2,(H2,24,25,27). The second kappa shape index (κ2) is 9.60. The van der Waals surface area contributed by atoms with Crippen LogP contribution in [-0.4, -0.2) is 49.5 Å². The fraction of sp³-hybridized carbons (Fsp3) is 0.650. The molecule has 2 amide bonds. The molecule has 2 N–H and O–H groups in total. The van der Waals surface area contributed by atoms with Crippen LogP contribution < -0.4 is 10.6 Å². The first-order valence-electron chi connectivity index (χ1n) is 9.90. The number of benzene rings is 1. The van der Waals surface area contributed by atoms with Gasteiger partial charge in [-0.3, -0.25) is 4.90 Å². The summed E-state index contributed by atoms with van der Waals surface area (Å²) in [6, 6.07) is 7.46. The summed E-state index contributed by atoms with van der Waals surface area (Å²) in [6.45, 7) is 4.46. The molecular weight excluding hydrogens is 371 g/mol. The number of nitrogens with one attached hydrogen (secondary N) is 2. The van der Waals surface area contributed by atoms with Gasteiger partial charge >= 0.3 is 12.2 Å². The van der Waals surface area contributed by atoms with Crippen LogP contribution in [0.1, 0.15) is 36.8 Å². The summed E-state index contributed by atoms with van der Waals surface area (Å²) in [5.74, 6) is -1.24. The number of halogens is 3. The molecule has 1 aromatic carbocycles. The van der Waals surface area contributed by atoms with Gasteiger partial charge in [0.05, 0.1) is 19.1 Å². The topological polar surface area (TPSA) is 53.6 Å². The lowest BCUT2D eigenvalue weighted by Gasteiger charge is -2.30. The quantitative estimate of drug-likeness (QED) is 0.798. The van der Waals surface area contributed by atoms with Crippen molar-refractivity contribution in [3.63, 3.8) is 0 Å². The van der Waals surface area contributed by atoms with Gasteiger partial charge in [0.2, 0.25) is 0 Å². The van der Waals surface area contributed by atoms with Gasteiger partial charge in [-0.25, -0.2) is 4.79 Å². The van der Waals surface area contributed by atoms with Gasteiger partial charge in [-0.05, 0) is 36.8 Å². The van der Waals surface area contributed by atoms with Crippen LogP contribution in [0.3, 0.4) is 0 Å². The molecule has 1 aliphatic heterocycles. The highest BCUT2D eigenvalue weighted by atomic mass is 19.4. The van der Waals surface area contributed by atoms with E-state index in [1.54, 1.807) is 0 Å². The molecule has 8 heteroatoms. The van der Waals surface area contributed by atoms with Crippen LogP contribution in [0.2, 0.25) is 0 Å². The van der Waals surface area contributed by atoms with Crippen LogP contribution in [0.5, 0.6) is 0 Å². The first-order valence-corrected chi connectivity index (χ1v) is 9.90. The van der Waals surface area contributed by atoms with Crippen molar-refractivity contribution >= 4 is 6.03 Å². The third-order valence-corrected chi connectivity index (χ3v) is 5.58. The summed E-state index contributed by atoms with van der Waals surface area (Å²) in [4.78, 5) is 14.5. The van der Waals surface area contributed by atoms with Crippen molar-refractivity contribution in [1.29, 1.82) is 0 Å². The Morgan fingerprint density at radius 2 is 1.71 bits per heavy atom. The molecule has 2 fully saturated rings. The monoisotopic (exact) mass is 399 g/mol. The van der Waals surface area contributed by atoms with Crippen LogP contribution >= 0.6 is 0 Å². The minimum Gasteiger partial charge on any atom is -0.379 e. The maximum absolute atomic E-state index is 12.7. The summed E-state index contributed by atoms with van der Waals surface area (Å²) >= 11 is 0. The van der Waals surface area contributed by atoms with Crippen LogP contribution in [0.15, 0.2) is 24.3 Å². The highest BCUT2D eigenvalue weighted by molar-refractivity contribution is 5.74. The largest absolute Gasteiger partial charge is 0.391 e. The fourth-order valence-electron chi connectivity index (χ4n) is 3.86. The first-order chi connectivity index (χ1) is 13.4. The average molecular weight is 399 g/mol. The third kappa shape index (κ3) is 6.10. The van der Waals surface area contributed by atoms with Crippen molar-refractivity contribution in [1.82, 2.24) is 15.5 Å². The van der Waals surface area contributed by atoms with Gasteiger partial charge in [0.25, 0.3) is 0 Å². The zero-order chi connectivity index (χ0) is 20.0. The smallest absolute Gasteiger partial charge is 0.379 e. The minimum absolute atomic E-state index is 0.0802. The molecule has 5 nitrogen and oxygen atoms in total. The number of amides is 2. The molecule has 0 radical (unpaired) electrons. The van der Waals surface area contributed by atoms with E-state index in [0.29, 0.717) is 19.4 Å². The molecule has 1 aliphatic carbocycles. The zero-order valence-electron chi connectivity index (χ0n) is 15.9. The maximum Gasteiger partial charge on any atom is 0.391 e. The number of nitrogens with zero attached hydrogens (tertiary/aromatic N) is 1. The van der Waals surface area contributed by atoms with Gasteiger partial charge in [0.1, 0.15) is 0 Å². The van der Waals surface area contributed by atoms with Crippen molar-refractivity contribution < 1.29 is 22.7 Å². The van der Waals surface area contributed by atoms with E-state index in [-0.39, 0.29) is 24.9 Å². The lowest BCUT2D eigenvalue weighted by molar-refractivity contribution is -0.182. The van der Waals surface area contributed by atoms with Crippen molar-refractivity contribution in [3.05, 3.63) is 35.4 Å². The van der Waals surface area contributed by atoms with E-state index in [9.17, 15) is 18.0 Å². The first kappa shape index (κ1) is 20.9. The van der Waals surface area contributed by atoms with Crippen molar-refractivity contribution in [2.24, 2.45) is 5.92 Å². The molecule has 0 atom stereocenters. The van der Waals surface area contributed by atoms with E-state index in [0.717, 1.165) is 44.0 Å². The van der Waals surface area contributed by atoms with E-state index in [1.807, 2.05) is 18.2 Å². The predicted molar refractivity (Wildman–Crippen MR) is 99.7 cm³/mol. The normalized spacial score (nSPS) is 24.0. The van der Waals surface area contributed by atoms with Gasteiger partial charge < -0.3 is 15.4 Å². The SMILES string of the molecule is O=C(NCc1ccccc1CN1CCOCC1)NC1CCC(C(F)(F)F)CC1. The Kier molecular flexibility index (Phi) is 7.18. The molecule has 0 bridgehead atoms. The molecule has 1 aromatic rings. The summed E-state index contributed by atoms with van der Waals surface area (Å²) in [5, 5.41) is 5.67. The fourth-order valence-corrected chi connectivity index (χ4v) is 3.86. The Morgan fingerprint density at radius 1 is 1.07 bits per heavy atom. The van der Waals surface area contributed by atoms with Gasteiger partial charge in [-0.2, -0.15) is 13.2 Å². The number of carbonyl (C=O) groups excluding carboxylic acids is 1. The van der Waals surface area contributed by atoms with E-state index in [4.69, 9.17) is 4.74 Å². The lowest BCUT2D eigenvalue weighted by Crippen LogP contribution is -2.44. The molecule has 1 saturated heterocycles. The number of carbonyl (C=O) groups is 1. The predicted octanol–water partition coefficient (Wildman–Crippen LogP) is 3.44. The molecule has 0 aromatic heterocycles. The van der Waals surface area contributed by atoms with Crippen LogP contribution in [0.25, 0.3) is 0 Å². The molecule has 2 aliphatic rings. The van der Waals surface area contributed by atoms with Crippen LogP contribution in [-0.2, 0) is 17.8 Å². The maximum atomic E-state index is 12.7. The second-order valence-corrected chi connectivity index (χ2v) is 7.57. The van der Waals surface area contributed by atoms with Gasteiger partial charge in [-0.1, -0.05) is 24.3 Å². The van der Waals surface area contributed by atoms with E-state index >= 15 is 0 Å². The molecule has 28 heavy (non-hydrogen) atoms. The Hall–Kier alpha value is -1.80. The van der Waals surface area contributed by atoms with Gasteiger partial charge in [-0.15, -0.1) is 0 Å². The van der Waals surface area contributed by atoms with Crippen molar-refractivity contribution in [2.45, 2.75) is 51.0 Å². The zero-order valence-corrected chi connectivity index (χ0v) is 15.9.